The molecule has 3 fully saturated rings. The van der Waals surface area contributed by atoms with Crippen LogP contribution in [0, 0.1) is 0 Å². The minimum atomic E-state index is -2.09. The average Bonchev–Trinajstić information content (AvgIpc) is 3.16. The van der Waals surface area contributed by atoms with Crippen LogP contribution in [-0.4, -0.2) is 183 Å². The van der Waals surface area contributed by atoms with Crippen LogP contribution >= 0.6 is 0 Å². The number of fused-ring (bicyclic) bond motifs is 1. The van der Waals surface area contributed by atoms with Gasteiger partial charge in [0, 0.05) is 17.7 Å². The normalized spacial score (nSPS) is 36.8. The summed E-state index contributed by atoms with van der Waals surface area (Å²) >= 11 is 0. The minimum Gasteiger partial charge on any atom is -0.507 e. The van der Waals surface area contributed by atoms with E-state index in [9.17, 15) is 76.3 Å². The molecule has 0 aliphatic carbocycles. The number of ether oxygens (including phenoxy) is 6. The van der Waals surface area contributed by atoms with Crippen molar-refractivity contribution in [1.29, 1.82) is 0 Å². The first-order valence-corrected chi connectivity index (χ1v) is 16.7. The van der Waals surface area contributed by atoms with Gasteiger partial charge >= 0.3 is 0 Å². The Morgan fingerprint density at radius 1 is 0.564 bits per heavy atom. The monoisotopic (exact) mass is 788 g/mol. The van der Waals surface area contributed by atoms with Gasteiger partial charge in [-0.2, -0.15) is 0 Å². The van der Waals surface area contributed by atoms with Crippen LogP contribution in [0.4, 0.5) is 0 Å². The van der Waals surface area contributed by atoms with Gasteiger partial charge in [-0.25, -0.2) is 0 Å². The fraction of sp³-hybridized carbons (Fsp3) is 0.545. The number of phenols is 3. The number of aliphatic hydroxyl groups excluding tert-OH is 11. The van der Waals surface area contributed by atoms with Crippen molar-refractivity contribution in [3.05, 3.63) is 40.6 Å². The highest BCUT2D eigenvalue weighted by Gasteiger charge is 2.49. The molecule has 3 saturated heterocycles. The predicted molar refractivity (Wildman–Crippen MR) is 174 cm³/mol. The summed E-state index contributed by atoms with van der Waals surface area (Å²) < 4.78 is 38.9. The molecule has 0 saturated carbocycles. The topological polar surface area (TPSA) is 369 Å². The SMILES string of the molecule is O=c1c(O[C@@H]2O[C@H](CO[C@@H]3O[C@H](CO)[C@@H](O)[C@H](O)[C@H]3O)[C@@H](O)[C@@H](O)[C@H]2O)c(-c2ccc(O)c(O)c2)oc2cc(O[C@@H]3O[C@@H](CO)[C@@H](O)[C@H](O)[C@H]3O)cc(O)c12. The Hall–Kier alpha value is -3.95. The molecular weight excluding hydrogens is 748 g/mol. The molecule has 0 radical (unpaired) electrons. The van der Waals surface area contributed by atoms with Crippen molar-refractivity contribution in [3.8, 4) is 40.1 Å². The first-order valence-electron chi connectivity index (χ1n) is 16.7. The summed E-state index contributed by atoms with van der Waals surface area (Å²) in [6.07, 6.45) is -26.5. The Bertz CT molecular complexity index is 1870. The van der Waals surface area contributed by atoms with Crippen molar-refractivity contribution < 1.29 is 104 Å². The second-order valence-corrected chi connectivity index (χ2v) is 13.1. The molecular formula is C33H40O22. The second kappa shape index (κ2) is 16.3. The van der Waals surface area contributed by atoms with Crippen LogP contribution in [0.25, 0.3) is 22.3 Å². The largest absolute Gasteiger partial charge is 0.507 e. The second-order valence-electron chi connectivity index (χ2n) is 13.1. The molecule has 4 heterocycles. The fourth-order valence-electron chi connectivity index (χ4n) is 6.25. The van der Waals surface area contributed by atoms with Crippen molar-refractivity contribution in [1.82, 2.24) is 0 Å². The van der Waals surface area contributed by atoms with Crippen molar-refractivity contribution in [2.24, 2.45) is 0 Å². The van der Waals surface area contributed by atoms with Gasteiger partial charge in [0.15, 0.2) is 23.5 Å². The molecule has 0 spiro atoms. The molecule has 3 aliphatic heterocycles. The van der Waals surface area contributed by atoms with Crippen molar-refractivity contribution in [3.63, 3.8) is 0 Å². The van der Waals surface area contributed by atoms with Crippen LogP contribution in [-0.2, 0) is 18.9 Å². The number of rotatable bonds is 10. The molecule has 1 aromatic heterocycles. The van der Waals surface area contributed by atoms with Gasteiger partial charge in [0.25, 0.3) is 0 Å². The molecule has 55 heavy (non-hydrogen) atoms. The van der Waals surface area contributed by atoms with E-state index in [2.05, 4.69) is 0 Å². The van der Waals surface area contributed by atoms with E-state index < -0.39 is 157 Å². The molecule has 15 atom stereocenters. The number of aromatic hydroxyl groups is 3. The van der Waals surface area contributed by atoms with E-state index in [-0.39, 0.29) is 11.3 Å². The molecule has 0 bridgehead atoms. The van der Waals surface area contributed by atoms with Crippen LogP contribution in [0.1, 0.15) is 0 Å². The molecule has 304 valence electrons. The Kier molecular flexibility index (Phi) is 12.0. The molecule has 22 nitrogen and oxygen atoms in total. The zero-order valence-electron chi connectivity index (χ0n) is 28.2. The first kappa shape index (κ1) is 40.7. The fourth-order valence-corrected chi connectivity index (χ4v) is 6.25. The number of aliphatic hydroxyl groups is 11. The predicted octanol–water partition coefficient (Wildman–Crippen LogP) is -5.24. The number of hydrogen-bond acceptors (Lipinski definition) is 22. The molecule has 0 amide bonds. The van der Waals surface area contributed by atoms with E-state index in [0.717, 1.165) is 24.3 Å². The summed E-state index contributed by atoms with van der Waals surface area (Å²) in [7, 11) is 0. The Balaban J connectivity index is 1.33. The Morgan fingerprint density at radius 2 is 1.09 bits per heavy atom. The van der Waals surface area contributed by atoms with Gasteiger partial charge in [-0.3, -0.25) is 4.79 Å². The smallest absolute Gasteiger partial charge is 0.239 e. The van der Waals surface area contributed by atoms with Gasteiger partial charge < -0.3 is 104 Å². The summed E-state index contributed by atoms with van der Waals surface area (Å²) in [5.41, 5.74) is -1.71. The third kappa shape index (κ3) is 7.76. The summed E-state index contributed by atoms with van der Waals surface area (Å²) in [5.74, 6) is -3.74. The third-order valence-corrected chi connectivity index (χ3v) is 9.42. The lowest BCUT2D eigenvalue weighted by Gasteiger charge is -2.42. The maximum absolute atomic E-state index is 14.1. The van der Waals surface area contributed by atoms with Gasteiger partial charge in [-0.1, -0.05) is 0 Å². The molecule has 22 heteroatoms. The molecule has 2 aromatic carbocycles. The lowest BCUT2D eigenvalue weighted by atomic mass is 9.98. The van der Waals surface area contributed by atoms with Gasteiger partial charge in [-0.05, 0) is 18.2 Å². The molecule has 14 N–H and O–H groups in total. The van der Waals surface area contributed by atoms with E-state index in [0.29, 0.717) is 0 Å². The lowest BCUT2D eigenvalue weighted by molar-refractivity contribution is -0.323. The minimum absolute atomic E-state index is 0.141. The highest BCUT2D eigenvalue weighted by atomic mass is 16.7. The highest BCUT2D eigenvalue weighted by Crippen LogP contribution is 2.40. The summed E-state index contributed by atoms with van der Waals surface area (Å²) in [4.78, 5) is 14.1. The summed E-state index contributed by atoms with van der Waals surface area (Å²) in [6, 6.07) is 5.08. The maximum atomic E-state index is 14.1. The van der Waals surface area contributed by atoms with Crippen LogP contribution in [0.15, 0.2) is 39.5 Å². The molecule has 3 aromatic rings. The van der Waals surface area contributed by atoms with E-state index in [1.807, 2.05) is 0 Å². The number of phenolic OH excluding ortho intramolecular Hbond substituents is 3. The van der Waals surface area contributed by atoms with Crippen molar-refractivity contribution >= 4 is 11.0 Å². The van der Waals surface area contributed by atoms with Crippen molar-refractivity contribution in [2.75, 3.05) is 19.8 Å². The van der Waals surface area contributed by atoms with E-state index in [4.69, 9.17) is 32.8 Å². The third-order valence-electron chi connectivity index (χ3n) is 9.42. The van der Waals surface area contributed by atoms with Crippen molar-refractivity contribution in [2.45, 2.75) is 92.1 Å². The zero-order valence-corrected chi connectivity index (χ0v) is 28.2. The first-order chi connectivity index (χ1) is 26.1. The quantitative estimate of drug-likeness (QED) is 0.0853. The summed E-state index contributed by atoms with van der Waals surface area (Å²) in [6.45, 7) is -2.28. The van der Waals surface area contributed by atoms with Gasteiger partial charge in [0.05, 0.1) is 19.8 Å². The average molecular weight is 789 g/mol. The van der Waals surface area contributed by atoms with Crippen LogP contribution in [0.3, 0.4) is 0 Å². The highest BCUT2D eigenvalue weighted by molar-refractivity contribution is 5.88. The molecule has 0 unspecified atom stereocenters. The van der Waals surface area contributed by atoms with Crippen LogP contribution in [0.5, 0.6) is 28.7 Å². The summed E-state index contributed by atoms with van der Waals surface area (Å²) in [5, 5.41) is 143. The Morgan fingerprint density at radius 3 is 1.67 bits per heavy atom. The lowest BCUT2D eigenvalue weighted by Crippen LogP contribution is -2.62. The van der Waals surface area contributed by atoms with E-state index >= 15 is 0 Å². The molecule has 3 aliphatic rings. The van der Waals surface area contributed by atoms with Gasteiger partial charge in [0.1, 0.15) is 95.7 Å². The Labute approximate surface area is 307 Å². The van der Waals surface area contributed by atoms with E-state index in [1.54, 1.807) is 0 Å². The van der Waals surface area contributed by atoms with Crippen LogP contribution in [0.2, 0.25) is 0 Å². The van der Waals surface area contributed by atoms with Gasteiger partial charge in [0.2, 0.25) is 23.8 Å². The standard InChI is InChI=1S/C33H40O22/c34-6-15-19(39)23(43)26(46)31(52-15)49-8-17-21(41)25(45)28(48)33(54-17)55-30-22(42)18-13(38)4-10(50-32-27(47)24(44)20(40)16(7-35)53-32)5-14(18)51-29(30)9-1-2-11(36)12(37)3-9/h1-5,15-17,19-21,23-28,31-41,43-48H,6-8H2/t15-,16+,17-,19-,20-,21-,23+,24+,25-,26-,27-,28-,31-,32-,33+/m1/s1. The maximum Gasteiger partial charge on any atom is 0.239 e. The zero-order chi connectivity index (χ0) is 40.0. The number of benzene rings is 2. The van der Waals surface area contributed by atoms with Crippen LogP contribution < -0.4 is 14.9 Å². The van der Waals surface area contributed by atoms with E-state index in [1.165, 1.54) is 6.07 Å². The molecule has 6 rings (SSSR count). The number of hydrogen-bond donors (Lipinski definition) is 14. The van der Waals surface area contributed by atoms with Gasteiger partial charge in [-0.15, -0.1) is 0 Å².